The van der Waals surface area contributed by atoms with E-state index >= 15 is 0 Å². The Morgan fingerprint density at radius 2 is 1.90 bits per heavy atom. The first-order valence-corrected chi connectivity index (χ1v) is 9.19. The number of rotatable bonds is 5. The van der Waals surface area contributed by atoms with Crippen molar-refractivity contribution < 1.29 is 22.6 Å². The average Bonchev–Trinajstić information content (AvgIpc) is 2.72. The van der Waals surface area contributed by atoms with Crippen molar-refractivity contribution in [2.24, 2.45) is 0 Å². The molecular formula is C21H15ClF3N3O3. The molecule has 0 aliphatic carbocycles. The Labute approximate surface area is 180 Å². The molecule has 160 valence electrons. The van der Waals surface area contributed by atoms with Crippen LogP contribution in [0.25, 0.3) is 0 Å². The van der Waals surface area contributed by atoms with Crippen LogP contribution in [0.5, 0.6) is 17.2 Å². The second kappa shape index (κ2) is 8.70. The standard InChI is InChI=1S/C21H15ClF3N3O3/c1-12-14(9-26)7-15(22)8-17(12)31-18-19(21(23,24)25)27-11-28(20(18)29)10-13-3-5-16(30-2)6-4-13/h3-8,11H,10H2,1-2H3. The molecule has 0 unspecified atom stereocenters. The van der Waals surface area contributed by atoms with Crippen LogP contribution in [0.4, 0.5) is 13.2 Å². The molecule has 0 aliphatic rings. The maximum Gasteiger partial charge on any atom is 0.437 e. The molecule has 0 fully saturated rings. The monoisotopic (exact) mass is 449 g/mol. The smallest absolute Gasteiger partial charge is 0.437 e. The maximum absolute atomic E-state index is 13.5. The quantitative estimate of drug-likeness (QED) is 0.551. The second-order valence-corrected chi connectivity index (χ2v) is 6.93. The van der Waals surface area contributed by atoms with Crippen LogP contribution in [-0.2, 0) is 12.7 Å². The van der Waals surface area contributed by atoms with Crippen LogP contribution in [0.2, 0.25) is 5.02 Å². The van der Waals surface area contributed by atoms with Crippen molar-refractivity contribution in [3.8, 4) is 23.3 Å². The number of benzene rings is 2. The van der Waals surface area contributed by atoms with Crippen LogP contribution in [0.1, 0.15) is 22.4 Å². The summed E-state index contributed by atoms with van der Waals surface area (Å²) in [7, 11) is 1.50. The molecule has 31 heavy (non-hydrogen) atoms. The number of hydrogen-bond acceptors (Lipinski definition) is 5. The van der Waals surface area contributed by atoms with Gasteiger partial charge in [-0.25, -0.2) is 4.98 Å². The fourth-order valence-corrected chi connectivity index (χ4v) is 3.00. The predicted molar refractivity (Wildman–Crippen MR) is 107 cm³/mol. The van der Waals surface area contributed by atoms with Gasteiger partial charge in [-0.2, -0.15) is 18.4 Å². The summed E-state index contributed by atoms with van der Waals surface area (Å²) in [6.07, 6.45) is -4.12. The first kappa shape index (κ1) is 22.2. The summed E-state index contributed by atoms with van der Waals surface area (Å²) in [5.74, 6) is -0.552. The Morgan fingerprint density at radius 1 is 1.23 bits per heavy atom. The lowest BCUT2D eigenvalue weighted by atomic mass is 10.1. The van der Waals surface area contributed by atoms with Gasteiger partial charge in [-0.05, 0) is 36.8 Å². The molecule has 3 aromatic rings. The minimum absolute atomic E-state index is 0.0394. The molecule has 0 atom stereocenters. The predicted octanol–water partition coefficient (Wildman–Crippen LogP) is 4.94. The van der Waals surface area contributed by atoms with Crippen LogP contribution in [-0.4, -0.2) is 16.7 Å². The summed E-state index contributed by atoms with van der Waals surface area (Å²) < 4.78 is 52.0. The maximum atomic E-state index is 13.5. The van der Waals surface area contributed by atoms with Crippen molar-refractivity contribution in [1.29, 1.82) is 5.26 Å². The van der Waals surface area contributed by atoms with E-state index < -0.39 is 23.2 Å². The fourth-order valence-electron chi connectivity index (χ4n) is 2.79. The third-order valence-electron chi connectivity index (χ3n) is 4.43. The number of nitrogens with zero attached hydrogens (tertiary/aromatic N) is 3. The van der Waals surface area contributed by atoms with Gasteiger partial charge in [-0.1, -0.05) is 23.7 Å². The lowest BCUT2D eigenvalue weighted by molar-refractivity contribution is -0.142. The molecular weight excluding hydrogens is 435 g/mol. The van der Waals surface area contributed by atoms with Crippen LogP contribution in [0.15, 0.2) is 47.5 Å². The number of alkyl halides is 3. The molecule has 2 aromatic carbocycles. The molecule has 0 bridgehead atoms. The average molecular weight is 450 g/mol. The van der Waals surface area contributed by atoms with Gasteiger partial charge in [0.2, 0.25) is 5.75 Å². The van der Waals surface area contributed by atoms with E-state index in [9.17, 15) is 23.2 Å². The van der Waals surface area contributed by atoms with E-state index in [2.05, 4.69) is 4.98 Å². The molecule has 0 N–H and O–H groups in total. The number of nitriles is 1. The summed E-state index contributed by atoms with van der Waals surface area (Å²) >= 11 is 5.94. The van der Waals surface area contributed by atoms with E-state index in [1.807, 2.05) is 6.07 Å². The zero-order valence-electron chi connectivity index (χ0n) is 16.3. The Kier molecular flexibility index (Phi) is 6.22. The molecule has 1 heterocycles. The number of methoxy groups -OCH3 is 1. The minimum atomic E-state index is -4.93. The molecule has 0 radical (unpaired) electrons. The minimum Gasteiger partial charge on any atom is -0.497 e. The molecule has 0 saturated carbocycles. The summed E-state index contributed by atoms with van der Waals surface area (Å²) in [5, 5.41) is 9.26. The van der Waals surface area contributed by atoms with Crippen LogP contribution < -0.4 is 15.0 Å². The number of halogens is 4. The van der Waals surface area contributed by atoms with Gasteiger partial charge in [0, 0.05) is 10.6 Å². The van der Waals surface area contributed by atoms with Crippen molar-refractivity contribution in [1.82, 2.24) is 9.55 Å². The van der Waals surface area contributed by atoms with Crippen molar-refractivity contribution in [3.05, 3.63) is 80.5 Å². The van der Waals surface area contributed by atoms with Gasteiger partial charge >= 0.3 is 6.18 Å². The highest BCUT2D eigenvalue weighted by molar-refractivity contribution is 6.30. The van der Waals surface area contributed by atoms with Crippen LogP contribution >= 0.6 is 11.6 Å². The van der Waals surface area contributed by atoms with Crippen molar-refractivity contribution in [2.75, 3.05) is 7.11 Å². The lowest BCUT2D eigenvalue weighted by Gasteiger charge is -2.16. The molecule has 1 aromatic heterocycles. The van der Waals surface area contributed by atoms with Gasteiger partial charge in [0.05, 0.1) is 31.6 Å². The van der Waals surface area contributed by atoms with Gasteiger partial charge in [0.25, 0.3) is 5.56 Å². The van der Waals surface area contributed by atoms with Gasteiger partial charge in [-0.15, -0.1) is 0 Å². The van der Waals surface area contributed by atoms with E-state index in [4.69, 9.17) is 21.1 Å². The normalized spacial score (nSPS) is 11.1. The molecule has 0 aliphatic heterocycles. The highest BCUT2D eigenvalue weighted by atomic mass is 35.5. The third-order valence-corrected chi connectivity index (χ3v) is 4.65. The highest BCUT2D eigenvalue weighted by Gasteiger charge is 2.39. The van der Waals surface area contributed by atoms with Crippen molar-refractivity contribution in [2.45, 2.75) is 19.6 Å². The van der Waals surface area contributed by atoms with Gasteiger partial charge in [0.1, 0.15) is 11.5 Å². The summed E-state index contributed by atoms with van der Waals surface area (Å²) in [6.45, 7) is 1.44. The third kappa shape index (κ3) is 4.81. The second-order valence-electron chi connectivity index (χ2n) is 6.49. The zero-order chi connectivity index (χ0) is 22.8. The first-order valence-electron chi connectivity index (χ1n) is 8.81. The Bertz CT molecular complexity index is 1220. The van der Waals surface area contributed by atoms with E-state index in [0.29, 0.717) is 11.3 Å². The first-order chi connectivity index (χ1) is 14.6. The van der Waals surface area contributed by atoms with E-state index in [1.165, 1.54) is 26.2 Å². The molecule has 10 heteroatoms. The number of aromatic nitrogens is 2. The summed E-state index contributed by atoms with van der Waals surface area (Å²) in [6, 6.07) is 11.1. The topological polar surface area (TPSA) is 77.1 Å². The molecule has 0 spiro atoms. The fraction of sp³-hybridized carbons (Fsp3) is 0.190. The molecule has 0 saturated heterocycles. The zero-order valence-corrected chi connectivity index (χ0v) is 17.1. The molecule has 6 nitrogen and oxygen atoms in total. The van der Waals surface area contributed by atoms with Crippen LogP contribution in [0.3, 0.4) is 0 Å². The van der Waals surface area contributed by atoms with Gasteiger partial charge in [-0.3, -0.25) is 9.36 Å². The lowest BCUT2D eigenvalue weighted by Crippen LogP contribution is -2.26. The largest absolute Gasteiger partial charge is 0.497 e. The van der Waals surface area contributed by atoms with Crippen LogP contribution in [0, 0.1) is 18.3 Å². The SMILES string of the molecule is COc1ccc(Cn2cnc(C(F)(F)F)c(Oc3cc(Cl)cc(C#N)c3C)c2=O)cc1. The van der Waals surface area contributed by atoms with E-state index in [0.717, 1.165) is 10.9 Å². The number of hydrogen-bond donors (Lipinski definition) is 0. The van der Waals surface area contributed by atoms with E-state index in [1.54, 1.807) is 24.3 Å². The highest BCUT2D eigenvalue weighted by Crippen LogP contribution is 2.36. The summed E-state index contributed by atoms with van der Waals surface area (Å²) in [4.78, 5) is 16.3. The van der Waals surface area contributed by atoms with Crippen molar-refractivity contribution >= 4 is 11.6 Å². The van der Waals surface area contributed by atoms with Crippen molar-refractivity contribution in [3.63, 3.8) is 0 Å². The number of ether oxygens (including phenoxy) is 2. The molecule has 0 amide bonds. The van der Waals surface area contributed by atoms with E-state index in [-0.39, 0.29) is 28.4 Å². The Morgan fingerprint density at radius 3 is 2.48 bits per heavy atom. The Balaban J connectivity index is 2.09. The van der Waals surface area contributed by atoms with Gasteiger partial charge < -0.3 is 9.47 Å². The molecule has 3 rings (SSSR count). The Hall–Kier alpha value is -3.51. The summed E-state index contributed by atoms with van der Waals surface area (Å²) in [5.41, 5.74) is -1.51. The van der Waals surface area contributed by atoms with Gasteiger partial charge in [0.15, 0.2) is 5.69 Å².